The molecule has 3 heterocycles. The Kier molecular flexibility index (Phi) is 10.7. The van der Waals surface area contributed by atoms with Crippen LogP contribution in [0.15, 0.2) is 60.0 Å². The summed E-state index contributed by atoms with van der Waals surface area (Å²) in [4.78, 5) is 28.3. The van der Waals surface area contributed by atoms with E-state index in [4.69, 9.17) is 48.4 Å². The topological polar surface area (TPSA) is 213 Å². The molecule has 0 amide bonds. The molecule has 4 aromatic rings. The third kappa shape index (κ3) is 7.53. The average molecular weight is 684 g/mol. The molecule has 1 aliphatic heterocycles. The molecule has 5 rings (SSSR count). The number of aliphatic hydroxyl groups excluding tert-OH is 3. The van der Waals surface area contributed by atoms with E-state index in [1.54, 1.807) is 18.6 Å². The van der Waals surface area contributed by atoms with Crippen LogP contribution >= 0.6 is 23.2 Å². The number of imidazole rings is 1. The maximum absolute atomic E-state index is 13.1. The number of rotatable bonds is 9. The Balaban J connectivity index is 0.000000399. The molecule has 2 aromatic heterocycles. The van der Waals surface area contributed by atoms with Crippen LogP contribution in [0, 0.1) is 6.92 Å². The van der Waals surface area contributed by atoms with Crippen LogP contribution in [0.1, 0.15) is 17.7 Å². The maximum atomic E-state index is 13.1. The number of hydrogen-bond acceptors (Lipinski definition) is 10. The van der Waals surface area contributed by atoms with Gasteiger partial charge in [0.15, 0.2) is 12.2 Å². The van der Waals surface area contributed by atoms with Crippen LogP contribution in [-0.2, 0) is 26.2 Å². The molecule has 3 atom stereocenters. The molecular formula is C28H28Cl2N4O10S. The largest absolute Gasteiger partial charge is 0.487 e. The summed E-state index contributed by atoms with van der Waals surface area (Å²) in [6.45, 7) is 2.11. The molecule has 5 N–H and O–H groups in total. The quantitative estimate of drug-likeness (QED) is 0.172. The minimum absolute atomic E-state index is 0.00220. The van der Waals surface area contributed by atoms with Gasteiger partial charge in [-0.1, -0.05) is 35.3 Å². The lowest BCUT2D eigenvalue weighted by molar-refractivity contribution is -0.165. The Bertz CT molecular complexity index is 1800. The van der Waals surface area contributed by atoms with E-state index in [0.717, 1.165) is 16.8 Å². The number of carboxylic acid groups (broad SMARTS) is 2. The highest BCUT2D eigenvalue weighted by Gasteiger charge is 2.34. The van der Waals surface area contributed by atoms with Gasteiger partial charge in [0.2, 0.25) is 10.0 Å². The minimum atomic E-state index is -3.89. The highest BCUT2D eigenvalue weighted by atomic mass is 35.5. The number of sulfonamides is 1. The molecule has 1 saturated heterocycles. The third-order valence-electron chi connectivity index (χ3n) is 6.76. The average Bonchev–Trinajstić information content (AvgIpc) is 3.69. The number of halogens is 2. The van der Waals surface area contributed by atoms with Gasteiger partial charge in [-0.15, -0.1) is 0 Å². The molecule has 2 unspecified atom stereocenters. The van der Waals surface area contributed by atoms with Gasteiger partial charge in [-0.3, -0.25) is 0 Å². The van der Waals surface area contributed by atoms with Crippen LogP contribution in [0.5, 0.6) is 5.75 Å². The molecule has 1 fully saturated rings. The molecule has 0 bridgehead atoms. The minimum Gasteiger partial charge on any atom is -0.487 e. The van der Waals surface area contributed by atoms with Crippen molar-refractivity contribution in [1.29, 1.82) is 0 Å². The predicted molar refractivity (Wildman–Crippen MR) is 161 cm³/mol. The van der Waals surface area contributed by atoms with Crippen LogP contribution < -0.4 is 4.74 Å². The number of hydrogen-bond donors (Lipinski definition) is 5. The molecule has 2 aromatic carbocycles. The van der Waals surface area contributed by atoms with Crippen molar-refractivity contribution in [3.63, 3.8) is 0 Å². The number of β-amino-alcohol motifs (C(OH)–C–C–N with tert-alkyl or cyclic N) is 1. The molecular weight excluding hydrogens is 655 g/mol. The monoisotopic (exact) mass is 682 g/mol. The number of carboxylic acids is 2. The molecule has 0 saturated carbocycles. The zero-order valence-corrected chi connectivity index (χ0v) is 25.8. The van der Waals surface area contributed by atoms with Gasteiger partial charge in [-0.25, -0.2) is 28.0 Å². The standard InChI is InChI=1S/C24H22Cl2N4O4S.C4H6O6/c1-15-11-20(29-10-8-27-14-29)17-3-2-4-21(24(17)28-15)34-13-18-19(25)5-6-22(23(18)26)35(32,33)30-9-7-16(31)12-30;5-1(3(7)8)2(6)4(9)10/h2-6,8,10-11,14,16,31H,7,9,12-13H2,1H3;1-2,5-6H,(H,7,8)(H,9,10)/t16-;/m0./s1. The number of aliphatic carboxylic acids is 2. The second-order valence-corrected chi connectivity index (χ2v) is 12.6. The van der Waals surface area contributed by atoms with E-state index < -0.39 is 40.3 Å². The molecule has 0 spiro atoms. The lowest BCUT2D eigenvalue weighted by Crippen LogP contribution is -2.39. The summed E-state index contributed by atoms with van der Waals surface area (Å²) in [5.74, 6) is -3.03. The number of benzene rings is 2. The Hall–Kier alpha value is -3.83. The van der Waals surface area contributed by atoms with Crippen molar-refractivity contribution in [2.45, 2.75) is 43.2 Å². The molecule has 45 heavy (non-hydrogen) atoms. The maximum Gasteiger partial charge on any atom is 0.335 e. The summed E-state index contributed by atoms with van der Waals surface area (Å²) in [7, 11) is -3.89. The van der Waals surface area contributed by atoms with E-state index in [9.17, 15) is 23.1 Å². The number of pyridine rings is 1. The first-order chi connectivity index (χ1) is 21.2. The van der Waals surface area contributed by atoms with Gasteiger partial charge < -0.3 is 34.8 Å². The third-order valence-corrected chi connectivity index (χ3v) is 9.57. The predicted octanol–water partition coefficient (Wildman–Crippen LogP) is 2.25. The van der Waals surface area contributed by atoms with Gasteiger partial charge in [0, 0.05) is 47.1 Å². The van der Waals surface area contributed by atoms with E-state index >= 15 is 0 Å². The fourth-order valence-electron chi connectivity index (χ4n) is 4.46. The number of aryl methyl sites for hydroxylation is 1. The van der Waals surface area contributed by atoms with E-state index in [1.165, 1.54) is 16.4 Å². The zero-order valence-electron chi connectivity index (χ0n) is 23.5. The van der Waals surface area contributed by atoms with Crippen molar-refractivity contribution in [3.8, 4) is 11.4 Å². The summed E-state index contributed by atoms with van der Waals surface area (Å²) >= 11 is 13.0. The summed E-state index contributed by atoms with van der Waals surface area (Å²) in [5.41, 5.74) is 2.72. The lowest BCUT2D eigenvalue weighted by Gasteiger charge is -2.19. The van der Waals surface area contributed by atoms with Gasteiger partial charge >= 0.3 is 11.9 Å². The fraction of sp³-hybridized carbons (Fsp3) is 0.286. The lowest BCUT2D eigenvalue weighted by atomic mass is 10.1. The highest BCUT2D eigenvalue weighted by Crippen LogP contribution is 2.36. The second-order valence-electron chi connectivity index (χ2n) is 9.90. The Morgan fingerprint density at radius 1 is 1.11 bits per heavy atom. The summed E-state index contributed by atoms with van der Waals surface area (Å²) in [6.07, 6.45) is 0.437. The zero-order chi connectivity index (χ0) is 33.1. The van der Waals surface area contributed by atoms with E-state index in [0.29, 0.717) is 28.3 Å². The molecule has 240 valence electrons. The van der Waals surface area contributed by atoms with E-state index in [2.05, 4.69) is 9.97 Å². The molecule has 0 aliphatic carbocycles. The normalized spacial score (nSPS) is 16.5. The molecule has 0 radical (unpaired) electrons. The van der Waals surface area contributed by atoms with Gasteiger partial charge in [0.05, 0.1) is 23.1 Å². The summed E-state index contributed by atoms with van der Waals surface area (Å²) in [6, 6.07) is 10.4. The SMILES string of the molecule is Cc1cc(-n2ccnc2)c2cccc(OCc3c(Cl)ccc(S(=O)(=O)N4CC[C@H](O)C4)c3Cl)c2n1.O=C(O)C(O)C(O)C(=O)O. The highest BCUT2D eigenvalue weighted by molar-refractivity contribution is 7.89. The molecule has 14 nitrogen and oxygen atoms in total. The van der Waals surface area contributed by atoms with Crippen molar-refractivity contribution in [2.75, 3.05) is 13.1 Å². The number of nitrogens with zero attached hydrogens (tertiary/aromatic N) is 4. The number of para-hydroxylation sites is 1. The number of aromatic nitrogens is 3. The van der Waals surface area contributed by atoms with E-state index in [-0.39, 0.29) is 29.6 Å². The van der Waals surface area contributed by atoms with Crippen molar-refractivity contribution in [3.05, 3.63) is 76.4 Å². The Morgan fingerprint density at radius 3 is 2.38 bits per heavy atom. The van der Waals surface area contributed by atoms with Crippen molar-refractivity contribution >= 4 is 56.1 Å². The fourth-order valence-corrected chi connectivity index (χ4v) is 6.81. The van der Waals surface area contributed by atoms with E-state index in [1.807, 2.05) is 35.9 Å². The summed E-state index contributed by atoms with van der Waals surface area (Å²) in [5, 5.41) is 43.5. The number of aliphatic hydroxyl groups is 3. The number of fused-ring (bicyclic) bond motifs is 1. The number of ether oxygens (including phenoxy) is 1. The number of carbonyl (C=O) groups is 2. The Morgan fingerprint density at radius 2 is 1.80 bits per heavy atom. The van der Waals surface area contributed by atoms with Crippen LogP contribution in [0.25, 0.3) is 16.6 Å². The Labute approximate surface area is 266 Å². The first kappa shape index (κ1) is 34.1. The molecule has 1 aliphatic rings. The van der Waals surface area contributed by atoms with Crippen molar-refractivity contribution < 1.29 is 48.3 Å². The van der Waals surface area contributed by atoms with Crippen LogP contribution in [0.4, 0.5) is 0 Å². The second kappa shape index (κ2) is 14.1. The molecule has 17 heteroatoms. The first-order valence-electron chi connectivity index (χ1n) is 13.2. The van der Waals surface area contributed by atoms with Gasteiger partial charge in [0.25, 0.3) is 0 Å². The van der Waals surface area contributed by atoms with Crippen LogP contribution in [-0.4, -0.2) is 96.1 Å². The van der Waals surface area contributed by atoms with Crippen LogP contribution in [0.2, 0.25) is 10.0 Å². The summed E-state index contributed by atoms with van der Waals surface area (Å²) < 4.78 is 35.5. The van der Waals surface area contributed by atoms with Gasteiger partial charge in [0.1, 0.15) is 22.8 Å². The van der Waals surface area contributed by atoms with Gasteiger partial charge in [-0.2, -0.15) is 4.31 Å². The van der Waals surface area contributed by atoms with Gasteiger partial charge in [-0.05, 0) is 37.6 Å². The van der Waals surface area contributed by atoms with Crippen LogP contribution in [0.3, 0.4) is 0 Å². The van der Waals surface area contributed by atoms with Crippen molar-refractivity contribution in [2.24, 2.45) is 0 Å². The first-order valence-corrected chi connectivity index (χ1v) is 15.4. The van der Waals surface area contributed by atoms with Crippen molar-refractivity contribution in [1.82, 2.24) is 18.8 Å². The smallest absolute Gasteiger partial charge is 0.335 e.